The van der Waals surface area contributed by atoms with Gasteiger partial charge in [0.25, 0.3) is 0 Å². The Morgan fingerprint density at radius 3 is 2.67 bits per heavy atom. The van der Waals surface area contributed by atoms with Gasteiger partial charge in [-0.2, -0.15) is 0 Å². The topological polar surface area (TPSA) is 32.3 Å². The van der Waals surface area contributed by atoms with Gasteiger partial charge >= 0.3 is 0 Å². The summed E-state index contributed by atoms with van der Waals surface area (Å²) >= 11 is 0. The number of hydrogen-bond acceptors (Lipinski definition) is 2. The van der Waals surface area contributed by atoms with E-state index in [0.29, 0.717) is 11.8 Å². The summed E-state index contributed by atoms with van der Waals surface area (Å²) < 4.78 is 0. The molecule has 2 aliphatic heterocycles. The molecular weight excluding hydrogens is 248 g/mol. The van der Waals surface area contributed by atoms with Crippen molar-refractivity contribution in [2.45, 2.75) is 13.0 Å². The Kier molecular flexibility index (Phi) is 3.93. The van der Waals surface area contributed by atoms with Crippen molar-refractivity contribution >= 4 is 18.3 Å². The summed E-state index contributed by atoms with van der Waals surface area (Å²) in [6.07, 6.45) is 0. The third kappa shape index (κ3) is 2.13. The van der Waals surface area contributed by atoms with Crippen LogP contribution in [0.4, 0.5) is 0 Å². The van der Waals surface area contributed by atoms with Gasteiger partial charge in [0, 0.05) is 32.5 Å². The van der Waals surface area contributed by atoms with E-state index in [0.717, 1.165) is 19.6 Å². The van der Waals surface area contributed by atoms with E-state index in [1.165, 1.54) is 5.56 Å². The molecule has 0 spiro atoms. The molecule has 2 heterocycles. The van der Waals surface area contributed by atoms with Crippen molar-refractivity contribution in [2.75, 3.05) is 19.6 Å². The first-order chi connectivity index (χ1) is 8.27. The van der Waals surface area contributed by atoms with Gasteiger partial charge in [-0.25, -0.2) is 0 Å². The van der Waals surface area contributed by atoms with Gasteiger partial charge in [0.15, 0.2) is 0 Å². The first-order valence-electron chi connectivity index (χ1n) is 6.30. The smallest absolute Gasteiger partial charge is 0.219 e. The standard InChI is InChI=1S/C14H18N2O.ClH/c1-10(17)16-9-12-7-15-8-13(12)14(16)11-5-3-2-4-6-11;/h2-6,12-15H,7-9H2,1H3;1H/t12-,13-,14-;/m1./s1. The summed E-state index contributed by atoms with van der Waals surface area (Å²) in [5, 5.41) is 3.45. The van der Waals surface area contributed by atoms with Crippen LogP contribution >= 0.6 is 12.4 Å². The van der Waals surface area contributed by atoms with Gasteiger partial charge in [0.2, 0.25) is 5.91 Å². The van der Waals surface area contributed by atoms with Crippen LogP contribution in [0.2, 0.25) is 0 Å². The lowest BCUT2D eigenvalue weighted by Crippen LogP contribution is -2.32. The fraction of sp³-hybridized carbons (Fsp3) is 0.500. The Balaban J connectivity index is 0.00000120. The van der Waals surface area contributed by atoms with Crippen LogP contribution in [0.1, 0.15) is 18.5 Å². The van der Waals surface area contributed by atoms with E-state index in [9.17, 15) is 4.79 Å². The van der Waals surface area contributed by atoms with Gasteiger partial charge in [-0.3, -0.25) is 4.79 Å². The fourth-order valence-electron chi connectivity index (χ4n) is 3.32. The third-order valence-corrected chi connectivity index (χ3v) is 4.11. The van der Waals surface area contributed by atoms with Crippen molar-refractivity contribution in [2.24, 2.45) is 11.8 Å². The molecule has 1 aromatic carbocycles. The highest BCUT2D eigenvalue weighted by atomic mass is 35.5. The van der Waals surface area contributed by atoms with Crippen molar-refractivity contribution in [3.63, 3.8) is 0 Å². The molecule has 1 aromatic rings. The van der Waals surface area contributed by atoms with E-state index in [-0.39, 0.29) is 24.4 Å². The van der Waals surface area contributed by atoms with Crippen LogP contribution in [0.25, 0.3) is 0 Å². The highest BCUT2D eigenvalue weighted by molar-refractivity contribution is 5.85. The zero-order valence-electron chi connectivity index (χ0n) is 10.5. The summed E-state index contributed by atoms with van der Waals surface area (Å²) in [6, 6.07) is 10.7. The molecule has 3 atom stereocenters. The maximum atomic E-state index is 11.8. The van der Waals surface area contributed by atoms with Crippen LogP contribution < -0.4 is 5.32 Å². The summed E-state index contributed by atoms with van der Waals surface area (Å²) in [7, 11) is 0. The first-order valence-corrected chi connectivity index (χ1v) is 6.30. The van der Waals surface area contributed by atoms with Gasteiger partial charge in [-0.15, -0.1) is 12.4 Å². The highest BCUT2D eigenvalue weighted by Crippen LogP contribution is 2.42. The molecule has 18 heavy (non-hydrogen) atoms. The SMILES string of the molecule is CC(=O)N1C[C@H]2CNC[C@H]2[C@H]1c1ccccc1.Cl. The second-order valence-corrected chi connectivity index (χ2v) is 5.11. The number of hydrogen-bond donors (Lipinski definition) is 1. The van der Waals surface area contributed by atoms with Gasteiger partial charge in [0.05, 0.1) is 6.04 Å². The predicted molar refractivity (Wildman–Crippen MR) is 73.7 cm³/mol. The number of nitrogens with zero attached hydrogens (tertiary/aromatic N) is 1. The average Bonchev–Trinajstić information content (AvgIpc) is 2.89. The second kappa shape index (κ2) is 5.29. The molecule has 0 radical (unpaired) electrons. The maximum Gasteiger partial charge on any atom is 0.219 e. The van der Waals surface area contributed by atoms with E-state index < -0.39 is 0 Å². The molecule has 1 N–H and O–H groups in total. The van der Waals surface area contributed by atoms with E-state index in [1.807, 2.05) is 11.0 Å². The zero-order chi connectivity index (χ0) is 11.8. The number of fused-ring (bicyclic) bond motifs is 1. The quantitative estimate of drug-likeness (QED) is 0.841. The number of nitrogens with one attached hydrogen (secondary N) is 1. The lowest BCUT2D eigenvalue weighted by molar-refractivity contribution is -0.130. The molecule has 0 bridgehead atoms. The number of rotatable bonds is 1. The van der Waals surface area contributed by atoms with E-state index in [2.05, 4.69) is 29.6 Å². The van der Waals surface area contributed by atoms with Crippen molar-refractivity contribution in [3.05, 3.63) is 35.9 Å². The normalized spacial score (nSPS) is 29.8. The molecule has 4 heteroatoms. The van der Waals surface area contributed by atoms with Crippen molar-refractivity contribution in [1.29, 1.82) is 0 Å². The molecular formula is C14H19ClN2O. The lowest BCUT2D eigenvalue weighted by atomic mass is 9.89. The van der Waals surface area contributed by atoms with Crippen molar-refractivity contribution in [1.82, 2.24) is 10.2 Å². The summed E-state index contributed by atoms with van der Waals surface area (Å²) in [4.78, 5) is 13.8. The summed E-state index contributed by atoms with van der Waals surface area (Å²) in [5.41, 5.74) is 1.28. The predicted octanol–water partition coefficient (Wildman–Crippen LogP) is 1.85. The molecule has 0 aliphatic carbocycles. The molecule has 3 rings (SSSR count). The molecule has 0 aromatic heterocycles. The Hall–Kier alpha value is -1.06. The zero-order valence-corrected chi connectivity index (χ0v) is 11.3. The van der Waals surface area contributed by atoms with E-state index in [4.69, 9.17) is 0 Å². The summed E-state index contributed by atoms with van der Waals surface area (Å²) in [6.45, 7) is 4.68. The number of carbonyl (C=O) groups excluding carboxylic acids is 1. The first kappa shape index (κ1) is 13.4. The molecule has 2 fully saturated rings. The number of amides is 1. The van der Waals surface area contributed by atoms with Crippen LogP contribution in [0.15, 0.2) is 30.3 Å². The second-order valence-electron chi connectivity index (χ2n) is 5.11. The Labute approximate surface area is 114 Å². The minimum atomic E-state index is 0. The molecule has 2 saturated heterocycles. The van der Waals surface area contributed by atoms with Crippen LogP contribution in [0.5, 0.6) is 0 Å². The fourth-order valence-corrected chi connectivity index (χ4v) is 3.32. The lowest BCUT2D eigenvalue weighted by Gasteiger charge is -2.27. The molecule has 0 saturated carbocycles. The van der Waals surface area contributed by atoms with Crippen LogP contribution in [-0.2, 0) is 4.79 Å². The average molecular weight is 267 g/mol. The van der Waals surface area contributed by atoms with Crippen molar-refractivity contribution in [3.8, 4) is 0 Å². The number of halogens is 1. The van der Waals surface area contributed by atoms with Gasteiger partial charge in [-0.1, -0.05) is 30.3 Å². The van der Waals surface area contributed by atoms with Crippen LogP contribution in [0, 0.1) is 11.8 Å². The van der Waals surface area contributed by atoms with Gasteiger partial charge in [-0.05, 0) is 11.5 Å². The molecule has 2 aliphatic rings. The molecule has 3 nitrogen and oxygen atoms in total. The van der Waals surface area contributed by atoms with Gasteiger partial charge < -0.3 is 10.2 Å². The maximum absolute atomic E-state index is 11.8. The van der Waals surface area contributed by atoms with Crippen LogP contribution in [0.3, 0.4) is 0 Å². The minimum Gasteiger partial charge on any atom is -0.335 e. The largest absolute Gasteiger partial charge is 0.335 e. The number of carbonyl (C=O) groups is 1. The Bertz CT molecular complexity index is 423. The number of benzene rings is 1. The van der Waals surface area contributed by atoms with E-state index >= 15 is 0 Å². The molecule has 1 amide bonds. The Morgan fingerprint density at radius 1 is 1.28 bits per heavy atom. The third-order valence-electron chi connectivity index (χ3n) is 4.11. The van der Waals surface area contributed by atoms with Crippen molar-refractivity contribution < 1.29 is 4.79 Å². The van der Waals surface area contributed by atoms with E-state index in [1.54, 1.807) is 6.92 Å². The Morgan fingerprint density at radius 2 is 2.00 bits per heavy atom. The minimum absolute atomic E-state index is 0. The molecule has 0 unspecified atom stereocenters. The molecule has 98 valence electrons. The van der Waals surface area contributed by atoms with Gasteiger partial charge in [0.1, 0.15) is 0 Å². The number of likely N-dealkylation sites (tertiary alicyclic amines) is 1. The monoisotopic (exact) mass is 266 g/mol. The highest BCUT2D eigenvalue weighted by Gasteiger charge is 2.45. The summed E-state index contributed by atoms with van der Waals surface area (Å²) in [5.74, 6) is 1.42. The van der Waals surface area contributed by atoms with Crippen LogP contribution in [-0.4, -0.2) is 30.4 Å².